The van der Waals surface area contributed by atoms with Crippen molar-refractivity contribution >= 4 is 78.0 Å². The first-order valence-corrected chi connectivity index (χ1v) is 28.4. The van der Waals surface area contributed by atoms with Gasteiger partial charge >= 0.3 is 0 Å². The van der Waals surface area contributed by atoms with Gasteiger partial charge in [0.25, 0.3) is 0 Å². The Labute approximate surface area is 466 Å². The number of hydrogen-bond donors (Lipinski definition) is 2. The fraction of sp³-hybridized carbons (Fsp3) is 0.239. The van der Waals surface area contributed by atoms with Crippen molar-refractivity contribution in [1.29, 1.82) is 10.5 Å². The third-order valence-electron chi connectivity index (χ3n) is 14.8. The maximum atomic E-state index is 12.2. The highest BCUT2D eigenvalue weighted by Gasteiger charge is 2.32. The molecule has 6 nitrogen and oxygen atoms in total. The highest BCUT2D eigenvalue weighted by molar-refractivity contribution is 8.03. The molecular weight excluding hydrogens is 969 g/mol. The Hall–Kier alpha value is -8.23. The first-order chi connectivity index (χ1) is 37.7. The first-order valence-electron chi connectivity index (χ1n) is 27.6. The molecule has 0 spiro atoms. The minimum absolute atomic E-state index is 0.00789. The van der Waals surface area contributed by atoms with Crippen LogP contribution in [0.4, 0.5) is 17.1 Å². The highest BCUT2D eigenvalue weighted by Crippen LogP contribution is 2.50. The lowest BCUT2D eigenvalue weighted by atomic mass is 9.82. The van der Waals surface area contributed by atoms with E-state index in [2.05, 4.69) is 265 Å². The number of nitriles is 2. The summed E-state index contributed by atoms with van der Waals surface area (Å²) in [5.41, 5.74) is 12.4. The number of allylic oxidation sites excluding steroid dienone is 7. The molecule has 7 heteroatoms. The summed E-state index contributed by atoms with van der Waals surface area (Å²) in [5.74, 6) is 0.592. The van der Waals surface area contributed by atoms with Crippen molar-refractivity contribution in [1.82, 2.24) is 9.13 Å². The summed E-state index contributed by atoms with van der Waals surface area (Å²) in [6.07, 6.45) is 14.5. The predicted molar refractivity (Wildman–Crippen MR) is 336 cm³/mol. The summed E-state index contributed by atoms with van der Waals surface area (Å²) in [6.45, 7) is 28.9. The summed E-state index contributed by atoms with van der Waals surface area (Å²) in [6, 6.07) is 54.4. The number of nitrogens with zero attached hydrogens (tertiary/aromatic N) is 4. The number of para-hydroxylation sites is 4. The largest absolute Gasteiger partial charge is 0.353 e. The molecule has 1 atom stereocenters. The number of aromatic nitrogens is 2. The second-order valence-electron chi connectivity index (χ2n) is 21.9. The molecule has 0 radical (unpaired) electrons. The third-order valence-corrected chi connectivity index (χ3v) is 16.3. The molecule has 0 amide bonds. The molecule has 78 heavy (non-hydrogen) atoms. The summed E-state index contributed by atoms with van der Waals surface area (Å²) >= 11 is 1.66. The first kappa shape index (κ1) is 54.6. The molecule has 9 aromatic rings. The molecule has 2 N–H and O–H groups in total. The lowest BCUT2D eigenvalue weighted by molar-refractivity contribution is 0.532. The number of thioether (sulfide) groups is 1. The van der Waals surface area contributed by atoms with E-state index < -0.39 is 0 Å². The monoisotopic (exact) mass is 1040 g/mol. The fourth-order valence-corrected chi connectivity index (χ4v) is 12.0. The maximum Gasteiger partial charge on any atom is 0.104 e. The molecule has 1 unspecified atom stereocenters. The smallest absolute Gasteiger partial charge is 0.104 e. The van der Waals surface area contributed by atoms with E-state index in [0.29, 0.717) is 45.5 Å². The van der Waals surface area contributed by atoms with Crippen LogP contribution in [0.3, 0.4) is 0 Å². The van der Waals surface area contributed by atoms with Gasteiger partial charge in [-0.1, -0.05) is 221 Å². The van der Waals surface area contributed by atoms with Gasteiger partial charge in [0.15, 0.2) is 0 Å². The van der Waals surface area contributed by atoms with E-state index in [1.165, 1.54) is 5.56 Å². The topological polar surface area (TPSA) is 81.5 Å². The van der Waals surface area contributed by atoms with E-state index in [4.69, 9.17) is 0 Å². The Morgan fingerprint density at radius 2 is 1.15 bits per heavy atom. The van der Waals surface area contributed by atoms with Crippen LogP contribution in [-0.4, -0.2) is 9.13 Å². The van der Waals surface area contributed by atoms with Crippen LogP contribution in [0.25, 0.3) is 60.6 Å². The lowest BCUT2D eigenvalue weighted by Gasteiger charge is -2.29. The van der Waals surface area contributed by atoms with Gasteiger partial charge in [-0.15, -0.1) is 0 Å². The van der Waals surface area contributed by atoms with E-state index in [0.717, 1.165) is 101 Å². The summed E-state index contributed by atoms with van der Waals surface area (Å²) in [4.78, 5) is 2.03. The van der Waals surface area contributed by atoms with Crippen LogP contribution >= 0.6 is 11.8 Å². The Morgan fingerprint density at radius 3 is 1.62 bits per heavy atom. The van der Waals surface area contributed by atoms with E-state index in [-0.39, 0.29) is 17.3 Å². The molecular formula is C71H72N6S. The normalized spacial score (nSPS) is 12.8. The molecule has 9 rings (SSSR count). The van der Waals surface area contributed by atoms with Crippen LogP contribution in [-0.2, 0) is 5.41 Å². The van der Waals surface area contributed by atoms with Crippen molar-refractivity contribution in [3.05, 3.63) is 221 Å². The van der Waals surface area contributed by atoms with E-state index in [1.54, 1.807) is 11.8 Å². The SMILES string of the molecule is C=CC(Nc1c(C#N)c(-n2c3ccccc3c3ccccc32)c(Nc2ccc(C(C)(C)C)cc2C(/C=C\CC)CCC(C)C)c(-n2c3ccccc3c3ccccc32)c1C#N)=C(Sc1ccccc1C(=C)/C=C\CC)C(C)C. The van der Waals surface area contributed by atoms with Crippen molar-refractivity contribution in [2.24, 2.45) is 11.8 Å². The van der Waals surface area contributed by atoms with Crippen molar-refractivity contribution in [2.75, 3.05) is 10.6 Å². The number of benzene rings is 7. The van der Waals surface area contributed by atoms with Gasteiger partial charge in [-0.25, -0.2) is 0 Å². The Bertz CT molecular complexity index is 3660. The minimum atomic E-state index is -0.131. The molecule has 0 saturated heterocycles. The summed E-state index contributed by atoms with van der Waals surface area (Å²) in [7, 11) is 0. The van der Waals surface area contributed by atoms with Crippen LogP contribution in [0, 0.1) is 34.5 Å². The molecule has 0 aliphatic heterocycles. The lowest BCUT2D eigenvalue weighted by Crippen LogP contribution is -2.16. The standard InChI is InChI=1S/C71H72N6S/c1-12-15-27-48(8)51-29-21-26-38-65(51)78-70(47(6)7)59(14-3)74-66-57(44-72)68(76-61-34-22-17-30-52(61)53-31-18-23-35-62(53)76)67(69(58(66)45-73)77-63-36-24-19-32-54(63)55-33-20-25-37-64(55)77)75-60-42-41-50(71(9,10)11)43-56(60)49(28-16-13-2)40-39-46(4)5/h14-38,41-43,46-47,49,74-75H,3,8,12-13,39-40H2,1-2,4-7,9-11H3/b27-15-,28-16-,70-59?. The number of anilines is 3. The second kappa shape index (κ2) is 23.6. The number of hydrogen-bond acceptors (Lipinski definition) is 5. The summed E-state index contributed by atoms with van der Waals surface area (Å²) < 4.78 is 4.49. The molecule has 0 bridgehead atoms. The van der Waals surface area contributed by atoms with Crippen molar-refractivity contribution in [3.63, 3.8) is 0 Å². The van der Waals surface area contributed by atoms with Crippen LogP contribution in [0.5, 0.6) is 0 Å². The fourth-order valence-electron chi connectivity index (χ4n) is 10.8. The minimum Gasteiger partial charge on any atom is -0.353 e. The van der Waals surface area contributed by atoms with Crippen molar-refractivity contribution in [3.8, 4) is 23.5 Å². The number of fused-ring (bicyclic) bond motifs is 6. The van der Waals surface area contributed by atoms with Crippen LogP contribution < -0.4 is 10.6 Å². The average Bonchev–Trinajstić information content (AvgIpc) is 4.12. The number of nitrogens with one attached hydrogen (secondary N) is 2. The van der Waals surface area contributed by atoms with Gasteiger partial charge in [-0.05, 0) is 101 Å². The van der Waals surface area contributed by atoms with E-state index in [1.807, 2.05) is 12.1 Å². The van der Waals surface area contributed by atoms with Gasteiger partial charge in [0.05, 0.1) is 44.8 Å². The molecule has 0 saturated carbocycles. The van der Waals surface area contributed by atoms with Gasteiger partial charge in [-0.3, -0.25) is 0 Å². The molecule has 0 fully saturated rings. The van der Waals surface area contributed by atoms with Crippen molar-refractivity contribution < 1.29 is 0 Å². The third kappa shape index (κ3) is 10.6. The molecule has 2 heterocycles. The number of rotatable bonds is 19. The maximum absolute atomic E-state index is 12.2. The average molecular weight is 1040 g/mol. The molecule has 7 aromatic carbocycles. The van der Waals surface area contributed by atoms with Crippen LogP contribution in [0.15, 0.2) is 199 Å². The predicted octanol–water partition coefficient (Wildman–Crippen LogP) is 20.4. The summed E-state index contributed by atoms with van der Waals surface area (Å²) in [5, 5.41) is 36.6. The van der Waals surface area contributed by atoms with Crippen LogP contribution in [0.2, 0.25) is 0 Å². The molecule has 0 aliphatic carbocycles. The quantitative estimate of drug-likeness (QED) is 0.0479. The highest BCUT2D eigenvalue weighted by atomic mass is 32.2. The van der Waals surface area contributed by atoms with Crippen molar-refractivity contribution in [2.45, 2.75) is 104 Å². The van der Waals surface area contributed by atoms with Gasteiger partial charge in [-0.2, -0.15) is 10.5 Å². The second-order valence-corrected chi connectivity index (χ2v) is 23.0. The Morgan fingerprint density at radius 1 is 0.654 bits per heavy atom. The molecule has 2 aromatic heterocycles. The zero-order chi connectivity index (χ0) is 55.3. The molecule has 392 valence electrons. The van der Waals surface area contributed by atoms with E-state index in [9.17, 15) is 10.5 Å². The van der Waals surface area contributed by atoms with E-state index >= 15 is 0 Å². The Kier molecular flexibility index (Phi) is 16.5. The van der Waals surface area contributed by atoms with Gasteiger partial charge in [0, 0.05) is 48.6 Å². The molecule has 0 aliphatic rings. The Balaban J connectivity index is 1.47. The van der Waals surface area contributed by atoms with Crippen LogP contribution in [0.1, 0.15) is 122 Å². The van der Waals surface area contributed by atoms with Gasteiger partial charge in [0.2, 0.25) is 0 Å². The van der Waals surface area contributed by atoms with Gasteiger partial charge in [0.1, 0.15) is 23.3 Å². The van der Waals surface area contributed by atoms with Gasteiger partial charge < -0.3 is 19.8 Å². The zero-order valence-corrected chi connectivity index (χ0v) is 47.7. The zero-order valence-electron chi connectivity index (χ0n) is 46.8.